The lowest BCUT2D eigenvalue weighted by molar-refractivity contribution is 0.0720. The Labute approximate surface area is 120 Å². The minimum atomic E-state index is -1.16. The second-order valence-electron chi connectivity index (χ2n) is 4.87. The number of hydrogen-bond acceptors (Lipinski definition) is 1. The predicted octanol–water partition coefficient (Wildman–Crippen LogP) is 3.73. The molecule has 2 nitrogen and oxygen atoms in total. The van der Waals surface area contributed by atoms with Crippen molar-refractivity contribution in [3.63, 3.8) is 0 Å². The zero-order valence-corrected chi connectivity index (χ0v) is 11.6. The number of alkyl halides is 1. The minimum absolute atomic E-state index is 0.0508. The van der Waals surface area contributed by atoms with Gasteiger partial charge in [-0.2, -0.15) is 0 Å². The summed E-state index contributed by atoms with van der Waals surface area (Å²) < 4.78 is 40.2. The molecule has 1 atom stereocenters. The summed E-state index contributed by atoms with van der Waals surface area (Å²) in [6.45, 7) is 0.460. The van der Waals surface area contributed by atoms with Crippen molar-refractivity contribution >= 4 is 17.5 Å². The van der Waals surface area contributed by atoms with Crippen molar-refractivity contribution < 1.29 is 18.0 Å². The lowest BCUT2D eigenvalue weighted by Crippen LogP contribution is -2.36. The van der Waals surface area contributed by atoms with Crippen LogP contribution in [0.25, 0.3) is 0 Å². The van der Waals surface area contributed by atoms with E-state index in [4.69, 9.17) is 11.6 Å². The maximum absolute atomic E-state index is 13.6. The van der Waals surface area contributed by atoms with Gasteiger partial charge in [0.15, 0.2) is 0 Å². The third-order valence-corrected chi connectivity index (χ3v) is 3.80. The molecule has 0 bridgehead atoms. The van der Waals surface area contributed by atoms with Crippen LogP contribution in [0.1, 0.15) is 36.0 Å². The van der Waals surface area contributed by atoms with E-state index in [0.29, 0.717) is 31.0 Å². The van der Waals surface area contributed by atoms with Gasteiger partial charge in [-0.3, -0.25) is 4.79 Å². The first-order valence-electron chi connectivity index (χ1n) is 6.56. The molecule has 1 aliphatic heterocycles. The van der Waals surface area contributed by atoms with Crippen LogP contribution in [0.15, 0.2) is 12.1 Å². The Kier molecular flexibility index (Phi) is 4.91. The summed E-state index contributed by atoms with van der Waals surface area (Å²) in [4.78, 5) is 13.7. The Morgan fingerprint density at radius 3 is 2.55 bits per heavy atom. The standard InChI is InChI=1S/C14H15ClF3NO/c15-5-1-3-10-4-2-6-19(10)14(20)13-11(17)7-9(16)8-12(13)18/h7-8,10H,1-6H2. The molecule has 1 amide bonds. The Bertz CT molecular complexity index is 486. The lowest BCUT2D eigenvalue weighted by Gasteiger charge is -2.25. The molecule has 2 rings (SSSR count). The van der Waals surface area contributed by atoms with Gasteiger partial charge in [-0.1, -0.05) is 0 Å². The van der Waals surface area contributed by atoms with Gasteiger partial charge in [-0.25, -0.2) is 13.2 Å². The highest BCUT2D eigenvalue weighted by atomic mass is 35.5. The van der Waals surface area contributed by atoms with Gasteiger partial charge >= 0.3 is 0 Å². The molecule has 1 heterocycles. The summed E-state index contributed by atoms with van der Waals surface area (Å²) in [6, 6.07) is 1.01. The number of amides is 1. The third-order valence-electron chi connectivity index (χ3n) is 3.53. The molecule has 1 aromatic rings. The van der Waals surface area contributed by atoms with E-state index in [0.717, 1.165) is 19.3 Å². The van der Waals surface area contributed by atoms with Crippen molar-refractivity contribution in [3.8, 4) is 0 Å². The highest BCUT2D eigenvalue weighted by Gasteiger charge is 2.32. The van der Waals surface area contributed by atoms with Crippen LogP contribution in [0.2, 0.25) is 0 Å². The summed E-state index contributed by atoms with van der Waals surface area (Å²) in [5.41, 5.74) is -0.677. The van der Waals surface area contributed by atoms with E-state index in [9.17, 15) is 18.0 Å². The van der Waals surface area contributed by atoms with Crippen LogP contribution >= 0.6 is 11.6 Å². The molecule has 20 heavy (non-hydrogen) atoms. The average Bonchev–Trinajstić information content (AvgIpc) is 2.83. The van der Waals surface area contributed by atoms with Crippen molar-refractivity contribution in [1.82, 2.24) is 4.90 Å². The van der Waals surface area contributed by atoms with E-state index in [1.165, 1.54) is 4.90 Å². The second kappa shape index (κ2) is 6.48. The Morgan fingerprint density at radius 1 is 1.30 bits per heavy atom. The van der Waals surface area contributed by atoms with Crippen molar-refractivity contribution in [2.45, 2.75) is 31.7 Å². The second-order valence-corrected chi connectivity index (χ2v) is 5.25. The molecular weight excluding hydrogens is 291 g/mol. The van der Waals surface area contributed by atoms with E-state index in [-0.39, 0.29) is 6.04 Å². The highest BCUT2D eigenvalue weighted by molar-refractivity contribution is 6.17. The highest BCUT2D eigenvalue weighted by Crippen LogP contribution is 2.26. The number of likely N-dealkylation sites (tertiary alicyclic amines) is 1. The number of hydrogen-bond donors (Lipinski definition) is 0. The van der Waals surface area contributed by atoms with E-state index < -0.39 is 28.9 Å². The SMILES string of the molecule is O=C(c1c(F)cc(F)cc1F)N1CCCC1CCCCl. The third kappa shape index (κ3) is 3.08. The fraction of sp³-hybridized carbons (Fsp3) is 0.500. The van der Waals surface area contributed by atoms with Crippen molar-refractivity contribution in [2.75, 3.05) is 12.4 Å². The van der Waals surface area contributed by atoms with Gasteiger partial charge in [0, 0.05) is 30.6 Å². The molecule has 0 aromatic heterocycles. The summed E-state index contributed by atoms with van der Waals surface area (Å²) in [5.74, 6) is -3.57. The van der Waals surface area contributed by atoms with Crippen molar-refractivity contribution in [2.24, 2.45) is 0 Å². The summed E-state index contributed by atoms with van der Waals surface area (Å²) in [7, 11) is 0. The van der Waals surface area contributed by atoms with Crippen LogP contribution < -0.4 is 0 Å². The quantitative estimate of drug-likeness (QED) is 0.776. The van der Waals surface area contributed by atoms with Crippen molar-refractivity contribution in [1.29, 1.82) is 0 Å². The van der Waals surface area contributed by atoms with Gasteiger partial charge in [0.2, 0.25) is 0 Å². The molecule has 1 unspecified atom stereocenters. The van der Waals surface area contributed by atoms with Crippen LogP contribution in [0.5, 0.6) is 0 Å². The zero-order chi connectivity index (χ0) is 14.7. The van der Waals surface area contributed by atoms with E-state index in [1.807, 2.05) is 0 Å². The molecule has 0 saturated carbocycles. The Hall–Kier alpha value is -1.23. The molecule has 1 saturated heterocycles. The monoisotopic (exact) mass is 305 g/mol. The van der Waals surface area contributed by atoms with Gasteiger partial charge in [-0.15, -0.1) is 11.6 Å². The molecule has 0 aliphatic carbocycles. The van der Waals surface area contributed by atoms with E-state index in [2.05, 4.69) is 0 Å². The summed E-state index contributed by atoms with van der Waals surface area (Å²) >= 11 is 5.63. The summed E-state index contributed by atoms with van der Waals surface area (Å²) in [6.07, 6.45) is 3.04. The predicted molar refractivity (Wildman–Crippen MR) is 70.3 cm³/mol. The fourth-order valence-corrected chi connectivity index (χ4v) is 2.76. The molecular formula is C14H15ClF3NO. The van der Waals surface area contributed by atoms with Gasteiger partial charge in [0.05, 0.1) is 0 Å². The Morgan fingerprint density at radius 2 is 1.95 bits per heavy atom. The smallest absolute Gasteiger partial charge is 0.260 e. The van der Waals surface area contributed by atoms with Crippen LogP contribution in [0.3, 0.4) is 0 Å². The van der Waals surface area contributed by atoms with Crippen LogP contribution in [-0.2, 0) is 0 Å². The molecule has 110 valence electrons. The normalized spacial score (nSPS) is 18.6. The number of carbonyl (C=O) groups is 1. The first kappa shape index (κ1) is 15.2. The van der Waals surface area contributed by atoms with Crippen LogP contribution in [0.4, 0.5) is 13.2 Å². The maximum atomic E-state index is 13.6. The zero-order valence-electron chi connectivity index (χ0n) is 10.8. The van der Waals surface area contributed by atoms with Gasteiger partial charge in [0.25, 0.3) is 5.91 Å². The molecule has 1 fully saturated rings. The number of benzene rings is 1. The number of carbonyl (C=O) groups excluding carboxylic acids is 1. The number of halogens is 4. The molecule has 0 radical (unpaired) electrons. The first-order chi connectivity index (χ1) is 9.54. The van der Waals surface area contributed by atoms with Crippen LogP contribution in [-0.4, -0.2) is 29.3 Å². The van der Waals surface area contributed by atoms with Gasteiger partial charge in [-0.05, 0) is 25.7 Å². The van der Waals surface area contributed by atoms with Crippen molar-refractivity contribution in [3.05, 3.63) is 35.1 Å². The number of rotatable bonds is 4. The van der Waals surface area contributed by atoms with Gasteiger partial charge in [0.1, 0.15) is 23.0 Å². The van der Waals surface area contributed by atoms with E-state index in [1.54, 1.807) is 0 Å². The summed E-state index contributed by atoms with van der Waals surface area (Å²) in [5, 5.41) is 0. The lowest BCUT2D eigenvalue weighted by atomic mass is 10.1. The Balaban J connectivity index is 2.22. The molecule has 6 heteroatoms. The first-order valence-corrected chi connectivity index (χ1v) is 7.09. The topological polar surface area (TPSA) is 20.3 Å². The van der Waals surface area contributed by atoms with E-state index >= 15 is 0 Å². The minimum Gasteiger partial charge on any atom is -0.335 e. The average molecular weight is 306 g/mol. The van der Waals surface area contributed by atoms with Crippen LogP contribution in [0, 0.1) is 17.5 Å². The largest absolute Gasteiger partial charge is 0.335 e. The van der Waals surface area contributed by atoms with Gasteiger partial charge < -0.3 is 4.90 Å². The molecule has 1 aliphatic rings. The maximum Gasteiger partial charge on any atom is 0.260 e. The molecule has 1 aromatic carbocycles. The molecule has 0 spiro atoms. The number of nitrogens with zero attached hydrogens (tertiary/aromatic N) is 1. The molecule has 0 N–H and O–H groups in total. The fourth-order valence-electron chi connectivity index (χ4n) is 2.61.